The Bertz CT molecular complexity index is 508. The minimum atomic E-state index is -0.750. The van der Waals surface area contributed by atoms with E-state index in [9.17, 15) is 9.59 Å². The molecule has 1 aromatic heterocycles. The first-order chi connectivity index (χ1) is 9.50. The summed E-state index contributed by atoms with van der Waals surface area (Å²) in [5, 5.41) is 3.84. The van der Waals surface area contributed by atoms with Gasteiger partial charge in [0.15, 0.2) is 0 Å². The molecule has 2 rings (SSSR count). The monoisotopic (exact) mass is 295 g/mol. The molecular weight excluding hydrogens is 274 g/mol. The van der Waals surface area contributed by atoms with Crippen molar-refractivity contribution in [1.82, 2.24) is 15.2 Å². The number of hydrogen-bond acceptors (Lipinski definition) is 4. The Balaban J connectivity index is 2.23. The second-order valence-corrected chi connectivity index (χ2v) is 6.50. The maximum Gasteiger partial charge on any atom is 0.248 e. The molecule has 20 heavy (non-hydrogen) atoms. The van der Waals surface area contributed by atoms with Crippen LogP contribution in [0.1, 0.15) is 43.0 Å². The highest BCUT2D eigenvalue weighted by Gasteiger charge is 2.41. The van der Waals surface area contributed by atoms with E-state index in [1.165, 1.54) is 0 Å². The number of hydrogen-bond donors (Lipinski definition) is 1. The Labute approximate surface area is 123 Å². The van der Waals surface area contributed by atoms with Crippen molar-refractivity contribution in [3.63, 3.8) is 0 Å². The fraction of sp³-hybridized carbons (Fsp3) is 0.643. The summed E-state index contributed by atoms with van der Waals surface area (Å²) in [6, 6.07) is 0. The Hall–Kier alpha value is -1.43. The molecule has 0 radical (unpaired) electrons. The first-order valence-corrected chi connectivity index (χ1v) is 7.84. The number of amides is 2. The number of aromatic nitrogens is 1. The van der Waals surface area contributed by atoms with Crippen LogP contribution in [0.5, 0.6) is 0 Å². The van der Waals surface area contributed by atoms with Crippen molar-refractivity contribution in [2.45, 2.75) is 52.1 Å². The Morgan fingerprint density at radius 1 is 1.40 bits per heavy atom. The zero-order valence-electron chi connectivity index (χ0n) is 12.2. The summed E-state index contributed by atoms with van der Waals surface area (Å²) in [5.74, 6) is -0.0268. The van der Waals surface area contributed by atoms with Crippen LogP contribution in [0, 0.1) is 6.92 Å². The van der Waals surface area contributed by atoms with Crippen LogP contribution >= 0.6 is 11.3 Å². The molecule has 1 saturated heterocycles. The molecule has 110 valence electrons. The molecule has 6 heteroatoms. The van der Waals surface area contributed by atoms with Crippen molar-refractivity contribution in [2.24, 2.45) is 0 Å². The quantitative estimate of drug-likeness (QED) is 0.922. The van der Waals surface area contributed by atoms with Gasteiger partial charge in [-0.25, -0.2) is 4.98 Å². The molecular formula is C14H21N3O2S. The second kappa shape index (κ2) is 5.91. The molecule has 0 aliphatic carbocycles. The lowest BCUT2D eigenvalue weighted by atomic mass is 9.91. The molecule has 0 saturated carbocycles. The zero-order valence-corrected chi connectivity index (χ0v) is 13.0. The maximum absolute atomic E-state index is 12.8. The second-order valence-electron chi connectivity index (χ2n) is 5.18. The maximum atomic E-state index is 12.8. The van der Waals surface area contributed by atoms with Crippen LogP contribution < -0.4 is 5.32 Å². The highest BCUT2D eigenvalue weighted by atomic mass is 32.1. The Kier molecular flexibility index (Phi) is 4.42. The summed E-state index contributed by atoms with van der Waals surface area (Å²) in [6.45, 7) is 6.84. The third-order valence-electron chi connectivity index (χ3n) is 3.89. The van der Waals surface area contributed by atoms with E-state index in [2.05, 4.69) is 10.3 Å². The normalized spacial score (nSPS) is 18.9. The fourth-order valence-corrected chi connectivity index (χ4v) is 3.34. The lowest BCUT2D eigenvalue weighted by molar-refractivity contribution is -0.139. The highest BCUT2D eigenvalue weighted by Crippen LogP contribution is 2.24. The predicted octanol–water partition coefficient (Wildman–Crippen LogP) is 1.86. The number of carbonyl (C=O) groups excluding carboxylic acids is 2. The minimum absolute atomic E-state index is 0.0150. The van der Waals surface area contributed by atoms with Crippen molar-refractivity contribution in [1.29, 1.82) is 0 Å². The summed E-state index contributed by atoms with van der Waals surface area (Å²) < 4.78 is 0. The summed E-state index contributed by atoms with van der Waals surface area (Å²) in [6.07, 6.45) is 3.40. The number of thiazole rings is 1. The molecule has 1 aromatic rings. The predicted molar refractivity (Wildman–Crippen MR) is 78.3 cm³/mol. The van der Waals surface area contributed by atoms with Gasteiger partial charge in [0.1, 0.15) is 10.5 Å². The van der Waals surface area contributed by atoms with Crippen LogP contribution in [0.2, 0.25) is 0 Å². The van der Waals surface area contributed by atoms with E-state index in [-0.39, 0.29) is 11.8 Å². The van der Waals surface area contributed by atoms with Crippen molar-refractivity contribution in [2.75, 3.05) is 6.54 Å². The molecule has 1 aliphatic rings. The average molecular weight is 295 g/mol. The van der Waals surface area contributed by atoms with Crippen molar-refractivity contribution in [3.05, 3.63) is 16.1 Å². The molecule has 0 aromatic carbocycles. The molecule has 0 unspecified atom stereocenters. The summed E-state index contributed by atoms with van der Waals surface area (Å²) in [5.41, 5.74) is -0.750. The van der Waals surface area contributed by atoms with Crippen molar-refractivity contribution < 1.29 is 9.59 Å². The van der Waals surface area contributed by atoms with E-state index in [0.717, 1.165) is 9.88 Å². The third kappa shape index (κ3) is 2.85. The molecule has 0 atom stereocenters. The van der Waals surface area contributed by atoms with Gasteiger partial charge in [-0.3, -0.25) is 9.59 Å². The highest BCUT2D eigenvalue weighted by molar-refractivity contribution is 7.11. The molecule has 0 spiro atoms. The van der Waals surface area contributed by atoms with Gasteiger partial charge in [0.25, 0.3) is 0 Å². The molecule has 1 aliphatic heterocycles. The summed E-state index contributed by atoms with van der Waals surface area (Å²) in [7, 11) is 0. The van der Waals surface area contributed by atoms with Gasteiger partial charge in [0.2, 0.25) is 11.8 Å². The standard InChI is InChI=1S/C14H21N3O2S/c1-4-14(5-2)13(19)17(7-6-11(18)16-14)9-12-15-8-10(3)20-12/h8H,4-7,9H2,1-3H3,(H,16,18). The van der Waals surface area contributed by atoms with E-state index >= 15 is 0 Å². The van der Waals surface area contributed by atoms with Crippen LogP contribution in [0.3, 0.4) is 0 Å². The molecule has 2 heterocycles. The van der Waals surface area contributed by atoms with Crippen LogP contribution in [-0.4, -0.2) is 33.8 Å². The molecule has 1 N–H and O–H groups in total. The van der Waals surface area contributed by atoms with E-state index in [1.54, 1.807) is 16.2 Å². The number of rotatable bonds is 4. The molecule has 1 fully saturated rings. The van der Waals surface area contributed by atoms with Gasteiger partial charge in [0, 0.05) is 24.0 Å². The Morgan fingerprint density at radius 3 is 2.65 bits per heavy atom. The first kappa shape index (κ1) is 15.0. The Morgan fingerprint density at radius 2 is 2.10 bits per heavy atom. The van der Waals surface area contributed by atoms with Crippen molar-refractivity contribution in [3.8, 4) is 0 Å². The fourth-order valence-electron chi connectivity index (χ4n) is 2.54. The van der Waals surface area contributed by atoms with Gasteiger partial charge in [-0.15, -0.1) is 11.3 Å². The lowest BCUT2D eigenvalue weighted by Crippen LogP contribution is -2.56. The number of carbonyl (C=O) groups is 2. The van der Waals surface area contributed by atoms with Gasteiger partial charge in [0.05, 0.1) is 6.54 Å². The largest absolute Gasteiger partial charge is 0.342 e. The lowest BCUT2D eigenvalue weighted by Gasteiger charge is -2.33. The van der Waals surface area contributed by atoms with E-state index < -0.39 is 5.54 Å². The van der Waals surface area contributed by atoms with E-state index in [4.69, 9.17) is 0 Å². The molecule has 2 amide bonds. The molecule has 0 bridgehead atoms. The third-order valence-corrected chi connectivity index (χ3v) is 4.78. The van der Waals surface area contributed by atoms with Gasteiger partial charge >= 0.3 is 0 Å². The van der Waals surface area contributed by atoms with Gasteiger partial charge in [-0.05, 0) is 19.8 Å². The van der Waals surface area contributed by atoms with Gasteiger partial charge < -0.3 is 10.2 Å². The first-order valence-electron chi connectivity index (χ1n) is 7.02. The SMILES string of the molecule is CCC1(CC)NC(=O)CCN(Cc2ncc(C)s2)C1=O. The smallest absolute Gasteiger partial charge is 0.248 e. The van der Waals surface area contributed by atoms with Crippen LogP contribution in [0.25, 0.3) is 0 Å². The van der Waals surface area contributed by atoms with Crippen LogP contribution in [-0.2, 0) is 16.1 Å². The molecule has 5 nitrogen and oxygen atoms in total. The number of nitrogens with zero attached hydrogens (tertiary/aromatic N) is 2. The van der Waals surface area contributed by atoms with Crippen molar-refractivity contribution >= 4 is 23.2 Å². The number of aryl methyl sites for hydroxylation is 1. The zero-order chi connectivity index (χ0) is 14.8. The number of nitrogens with one attached hydrogen (secondary N) is 1. The van der Waals surface area contributed by atoms with E-state index in [0.29, 0.717) is 32.4 Å². The summed E-state index contributed by atoms with van der Waals surface area (Å²) in [4.78, 5) is 31.8. The van der Waals surface area contributed by atoms with Crippen LogP contribution in [0.15, 0.2) is 6.20 Å². The van der Waals surface area contributed by atoms with Gasteiger partial charge in [-0.2, -0.15) is 0 Å². The summed E-state index contributed by atoms with van der Waals surface area (Å²) >= 11 is 1.60. The van der Waals surface area contributed by atoms with Crippen LogP contribution in [0.4, 0.5) is 0 Å². The van der Waals surface area contributed by atoms with E-state index in [1.807, 2.05) is 27.0 Å². The minimum Gasteiger partial charge on any atom is -0.342 e. The van der Waals surface area contributed by atoms with Gasteiger partial charge in [-0.1, -0.05) is 13.8 Å². The average Bonchev–Trinajstić information content (AvgIpc) is 2.80. The topological polar surface area (TPSA) is 62.3 Å².